The van der Waals surface area contributed by atoms with Gasteiger partial charge >= 0.3 is 5.97 Å². The standard InChI is InChI=1S/C9H16O3S/c1-6(2)4-8(5-9(11)12)13-7(3)10/h6,8H,4-5H2,1-3H3,(H,11,12). The van der Waals surface area contributed by atoms with Gasteiger partial charge in [-0.25, -0.2) is 0 Å². The molecule has 0 bridgehead atoms. The van der Waals surface area contributed by atoms with Crippen LogP contribution < -0.4 is 0 Å². The second-order valence-electron chi connectivity index (χ2n) is 3.46. The van der Waals surface area contributed by atoms with Crippen molar-refractivity contribution in [1.82, 2.24) is 0 Å². The zero-order chi connectivity index (χ0) is 10.4. The summed E-state index contributed by atoms with van der Waals surface area (Å²) in [7, 11) is 0. The number of carboxylic acids is 1. The minimum atomic E-state index is -0.834. The Kier molecular flexibility index (Phi) is 5.79. The van der Waals surface area contributed by atoms with Gasteiger partial charge in [0.2, 0.25) is 0 Å². The lowest BCUT2D eigenvalue weighted by molar-refractivity contribution is -0.137. The number of rotatable bonds is 5. The van der Waals surface area contributed by atoms with Gasteiger partial charge in [-0.3, -0.25) is 9.59 Å². The lowest BCUT2D eigenvalue weighted by Gasteiger charge is -2.14. The monoisotopic (exact) mass is 204 g/mol. The Balaban J connectivity index is 4.02. The van der Waals surface area contributed by atoms with E-state index in [2.05, 4.69) is 0 Å². The maximum Gasteiger partial charge on any atom is 0.304 e. The van der Waals surface area contributed by atoms with E-state index in [4.69, 9.17) is 5.11 Å². The molecule has 0 fully saturated rings. The Labute approximate surface area is 82.9 Å². The molecule has 13 heavy (non-hydrogen) atoms. The Bertz CT molecular complexity index is 173. The molecule has 0 aromatic rings. The molecular weight excluding hydrogens is 188 g/mol. The minimum Gasteiger partial charge on any atom is -0.481 e. The molecule has 0 heterocycles. The van der Waals surface area contributed by atoms with Crippen LogP contribution in [0.5, 0.6) is 0 Å². The highest BCUT2D eigenvalue weighted by Gasteiger charge is 2.17. The summed E-state index contributed by atoms with van der Waals surface area (Å²) in [5, 5.41) is 8.50. The van der Waals surface area contributed by atoms with Crippen molar-refractivity contribution in [3.8, 4) is 0 Å². The molecule has 0 aliphatic heterocycles. The van der Waals surface area contributed by atoms with Crippen LogP contribution >= 0.6 is 11.8 Å². The van der Waals surface area contributed by atoms with Crippen molar-refractivity contribution in [1.29, 1.82) is 0 Å². The van der Waals surface area contributed by atoms with E-state index >= 15 is 0 Å². The SMILES string of the molecule is CC(=O)SC(CC(=O)O)CC(C)C. The van der Waals surface area contributed by atoms with Crippen LogP contribution in [0.25, 0.3) is 0 Å². The van der Waals surface area contributed by atoms with Crippen LogP contribution in [0, 0.1) is 5.92 Å². The van der Waals surface area contributed by atoms with E-state index in [1.54, 1.807) is 0 Å². The minimum absolute atomic E-state index is 0.00750. The smallest absolute Gasteiger partial charge is 0.304 e. The van der Waals surface area contributed by atoms with Crippen LogP contribution in [-0.2, 0) is 9.59 Å². The Morgan fingerprint density at radius 1 is 1.38 bits per heavy atom. The van der Waals surface area contributed by atoms with Gasteiger partial charge < -0.3 is 5.11 Å². The molecule has 0 saturated carbocycles. The van der Waals surface area contributed by atoms with Crippen molar-refractivity contribution in [3.05, 3.63) is 0 Å². The van der Waals surface area contributed by atoms with Gasteiger partial charge in [0, 0.05) is 12.2 Å². The first-order chi connectivity index (χ1) is 5.91. The van der Waals surface area contributed by atoms with Crippen LogP contribution in [0.2, 0.25) is 0 Å². The van der Waals surface area contributed by atoms with Gasteiger partial charge in [-0.05, 0) is 12.3 Å². The lowest BCUT2D eigenvalue weighted by atomic mass is 10.1. The molecule has 0 spiro atoms. The molecule has 0 radical (unpaired) electrons. The molecule has 0 rings (SSSR count). The third-order valence-electron chi connectivity index (χ3n) is 1.47. The fourth-order valence-corrected chi connectivity index (χ4v) is 2.30. The van der Waals surface area contributed by atoms with E-state index in [9.17, 15) is 9.59 Å². The van der Waals surface area contributed by atoms with E-state index in [-0.39, 0.29) is 16.8 Å². The van der Waals surface area contributed by atoms with Gasteiger partial charge in [0.15, 0.2) is 5.12 Å². The van der Waals surface area contributed by atoms with Crippen LogP contribution in [-0.4, -0.2) is 21.4 Å². The van der Waals surface area contributed by atoms with Gasteiger partial charge in [-0.15, -0.1) is 0 Å². The maximum atomic E-state index is 10.8. The van der Waals surface area contributed by atoms with E-state index in [0.29, 0.717) is 5.92 Å². The van der Waals surface area contributed by atoms with Crippen LogP contribution in [0.4, 0.5) is 0 Å². The number of thioether (sulfide) groups is 1. The predicted molar refractivity (Wildman–Crippen MR) is 53.8 cm³/mol. The molecule has 0 saturated heterocycles. The Hall–Kier alpha value is -0.510. The quantitative estimate of drug-likeness (QED) is 0.745. The Morgan fingerprint density at radius 3 is 2.23 bits per heavy atom. The summed E-state index contributed by atoms with van der Waals surface area (Å²) < 4.78 is 0. The predicted octanol–water partition coefficient (Wildman–Crippen LogP) is 2.16. The van der Waals surface area contributed by atoms with Gasteiger partial charge in [0.05, 0.1) is 6.42 Å². The first kappa shape index (κ1) is 12.5. The largest absolute Gasteiger partial charge is 0.481 e. The normalized spacial score (nSPS) is 12.9. The summed E-state index contributed by atoms with van der Waals surface area (Å²) >= 11 is 1.14. The van der Waals surface area contributed by atoms with Crippen LogP contribution in [0.1, 0.15) is 33.6 Å². The number of carbonyl (C=O) groups excluding carboxylic acids is 1. The molecule has 0 aliphatic carbocycles. The highest BCUT2D eigenvalue weighted by atomic mass is 32.2. The molecule has 1 N–H and O–H groups in total. The second kappa shape index (κ2) is 6.02. The number of carboxylic acid groups (broad SMARTS) is 1. The van der Waals surface area contributed by atoms with E-state index < -0.39 is 5.97 Å². The number of carbonyl (C=O) groups is 2. The first-order valence-electron chi connectivity index (χ1n) is 4.30. The summed E-state index contributed by atoms with van der Waals surface area (Å²) in [5.74, 6) is -0.407. The summed E-state index contributed by atoms with van der Waals surface area (Å²) in [4.78, 5) is 21.2. The highest BCUT2D eigenvalue weighted by Crippen LogP contribution is 2.22. The van der Waals surface area contributed by atoms with Crippen molar-refractivity contribution >= 4 is 22.8 Å². The zero-order valence-electron chi connectivity index (χ0n) is 8.24. The third kappa shape index (κ3) is 7.84. The van der Waals surface area contributed by atoms with E-state index in [1.807, 2.05) is 13.8 Å². The van der Waals surface area contributed by atoms with Gasteiger partial charge in [-0.2, -0.15) is 0 Å². The fourth-order valence-electron chi connectivity index (χ4n) is 1.13. The van der Waals surface area contributed by atoms with Crippen molar-refractivity contribution < 1.29 is 14.7 Å². The molecule has 4 heteroatoms. The van der Waals surface area contributed by atoms with E-state index in [0.717, 1.165) is 18.2 Å². The molecule has 1 atom stereocenters. The average molecular weight is 204 g/mol. The van der Waals surface area contributed by atoms with Crippen molar-refractivity contribution in [3.63, 3.8) is 0 Å². The number of hydrogen-bond donors (Lipinski definition) is 1. The molecule has 0 aromatic carbocycles. The zero-order valence-corrected chi connectivity index (χ0v) is 9.06. The summed E-state index contributed by atoms with van der Waals surface area (Å²) in [6, 6.07) is 0. The van der Waals surface area contributed by atoms with Gasteiger partial charge in [0.25, 0.3) is 0 Å². The number of hydrogen-bond acceptors (Lipinski definition) is 3. The maximum absolute atomic E-state index is 10.8. The van der Waals surface area contributed by atoms with E-state index in [1.165, 1.54) is 6.92 Å². The van der Waals surface area contributed by atoms with Crippen LogP contribution in [0.3, 0.4) is 0 Å². The molecule has 0 aromatic heterocycles. The van der Waals surface area contributed by atoms with Crippen molar-refractivity contribution in [2.75, 3.05) is 0 Å². The molecule has 3 nitrogen and oxygen atoms in total. The third-order valence-corrected chi connectivity index (χ3v) is 2.49. The first-order valence-corrected chi connectivity index (χ1v) is 5.18. The molecule has 76 valence electrons. The molecule has 1 unspecified atom stereocenters. The summed E-state index contributed by atoms with van der Waals surface area (Å²) in [5.41, 5.74) is 0. The average Bonchev–Trinajstić information content (AvgIpc) is 1.80. The lowest BCUT2D eigenvalue weighted by Crippen LogP contribution is -2.14. The molecule has 0 amide bonds. The number of aliphatic carboxylic acids is 1. The second-order valence-corrected chi connectivity index (χ2v) is 4.94. The Morgan fingerprint density at radius 2 is 1.92 bits per heavy atom. The summed E-state index contributed by atoms with van der Waals surface area (Å²) in [6.45, 7) is 5.52. The summed E-state index contributed by atoms with van der Waals surface area (Å²) in [6.07, 6.45) is 0.846. The fraction of sp³-hybridized carbons (Fsp3) is 0.778. The van der Waals surface area contributed by atoms with Crippen molar-refractivity contribution in [2.45, 2.75) is 38.9 Å². The van der Waals surface area contributed by atoms with Crippen LogP contribution in [0.15, 0.2) is 0 Å². The molecule has 0 aliphatic rings. The molecular formula is C9H16O3S. The van der Waals surface area contributed by atoms with Gasteiger partial charge in [0.1, 0.15) is 0 Å². The highest BCUT2D eigenvalue weighted by molar-refractivity contribution is 8.14. The topological polar surface area (TPSA) is 54.4 Å². The van der Waals surface area contributed by atoms with Gasteiger partial charge in [-0.1, -0.05) is 25.6 Å². The van der Waals surface area contributed by atoms with Crippen molar-refractivity contribution in [2.24, 2.45) is 5.92 Å².